The Labute approximate surface area is 144 Å². The largest absolute Gasteiger partial charge is 0.243 e. The Bertz CT molecular complexity index is 812. The zero-order valence-electron chi connectivity index (χ0n) is 13.9. The molecule has 1 aromatic carbocycles. The van der Waals surface area contributed by atoms with Gasteiger partial charge in [-0.15, -0.1) is 0 Å². The molecule has 2 aliphatic heterocycles. The van der Waals surface area contributed by atoms with Crippen LogP contribution in [0.5, 0.6) is 0 Å². The van der Waals surface area contributed by atoms with E-state index in [1.54, 1.807) is 12.1 Å². The smallest absolute Gasteiger partial charge is 0.212 e. The lowest BCUT2D eigenvalue weighted by Gasteiger charge is -2.28. The van der Waals surface area contributed by atoms with E-state index in [1.165, 1.54) is 8.61 Å². The standard InChI is InChI=1S/C16H24N2O4S2/c1-2-11-23(19,20)18-10-7-14-5-6-16(12-15(14)13-18)24(21,22)17-8-3-4-9-17/h5-6,12H,2-4,7-11,13H2,1H3. The Hall–Kier alpha value is -0.960. The summed E-state index contributed by atoms with van der Waals surface area (Å²) in [5.74, 6) is 0.133. The SMILES string of the molecule is CCCS(=O)(=O)N1CCc2ccc(S(=O)(=O)N3CCCC3)cc2C1. The van der Waals surface area contributed by atoms with Gasteiger partial charge in [-0.25, -0.2) is 16.8 Å². The van der Waals surface area contributed by atoms with Gasteiger partial charge in [0.1, 0.15) is 0 Å². The normalized spacial score (nSPS) is 20.2. The van der Waals surface area contributed by atoms with Crippen LogP contribution in [0, 0.1) is 0 Å². The molecule has 1 aromatic rings. The van der Waals surface area contributed by atoms with Crippen molar-refractivity contribution in [2.24, 2.45) is 0 Å². The maximum atomic E-state index is 12.7. The number of benzene rings is 1. The van der Waals surface area contributed by atoms with Crippen molar-refractivity contribution in [3.8, 4) is 0 Å². The molecule has 134 valence electrons. The molecule has 0 atom stereocenters. The van der Waals surface area contributed by atoms with Crippen molar-refractivity contribution < 1.29 is 16.8 Å². The highest BCUT2D eigenvalue weighted by Gasteiger charge is 2.30. The van der Waals surface area contributed by atoms with Crippen LogP contribution >= 0.6 is 0 Å². The van der Waals surface area contributed by atoms with Crippen molar-refractivity contribution in [3.63, 3.8) is 0 Å². The highest BCUT2D eigenvalue weighted by molar-refractivity contribution is 7.89. The van der Waals surface area contributed by atoms with Gasteiger partial charge in [-0.05, 0) is 48.9 Å². The Morgan fingerprint density at radius 3 is 2.33 bits per heavy atom. The molecule has 0 bridgehead atoms. The molecule has 24 heavy (non-hydrogen) atoms. The average molecular weight is 373 g/mol. The molecule has 0 aliphatic carbocycles. The maximum Gasteiger partial charge on any atom is 0.243 e. The van der Waals surface area contributed by atoms with Crippen LogP contribution in [0.3, 0.4) is 0 Å². The molecule has 0 N–H and O–H groups in total. The summed E-state index contributed by atoms with van der Waals surface area (Å²) in [6.07, 6.45) is 3.00. The van der Waals surface area contributed by atoms with E-state index < -0.39 is 20.0 Å². The molecule has 6 nitrogen and oxygen atoms in total. The predicted molar refractivity (Wildman–Crippen MR) is 92.6 cm³/mol. The van der Waals surface area contributed by atoms with E-state index in [-0.39, 0.29) is 17.2 Å². The third kappa shape index (κ3) is 3.37. The zero-order valence-corrected chi connectivity index (χ0v) is 15.6. The fraction of sp³-hybridized carbons (Fsp3) is 0.625. The number of hydrogen-bond donors (Lipinski definition) is 0. The maximum absolute atomic E-state index is 12.7. The van der Waals surface area contributed by atoms with Crippen molar-refractivity contribution in [2.45, 2.75) is 44.0 Å². The van der Waals surface area contributed by atoms with Crippen LogP contribution in [0.15, 0.2) is 23.1 Å². The first kappa shape index (κ1) is 17.8. The van der Waals surface area contributed by atoms with Gasteiger partial charge in [0.05, 0.1) is 10.6 Å². The van der Waals surface area contributed by atoms with Crippen LogP contribution < -0.4 is 0 Å². The lowest BCUT2D eigenvalue weighted by atomic mass is 10.0. The summed E-state index contributed by atoms with van der Waals surface area (Å²) in [5, 5.41) is 0. The molecular formula is C16H24N2O4S2. The second-order valence-corrected chi connectivity index (χ2v) is 10.5. The van der Waals surface area contributed by atoms with Gasteiger partial charge in [-0.3, -0.25) is 0 Å². The van der Waals surface area contributed by atoms with Gasteiger partial charge < -0.3 is 0 Å². The molecule has 2 aliphatic rings. The van der Waals surface area contributed by atoms with Gasteiger partial charge in [0.25, 0.3) is 0 Å². The minimum absolute atomic E-state index is 0.133. The molecule has 1 saturated heterocycles. The summed E-state index contributed by atoms with van der Waals surface area (Å²) in [6.45, 7) is 3.71. The van der Waals surface area contributed by atoms with Gasteiger partial charge in [0, 0.05) is 26.2 Å². The number of fused-ring (bicyclic) bond motifs is 1. The summed E-state index contributed by atoms with van der Waals surface area (Å²) >= 11 is 0. The van der Waals surface area contributed by atoms with Gasteiger partial charge in [-0.2, -0.15) is 8.61 Å². The van der Waals surface area contributed by atoms with Crippen LogP contribution in [-0.4, -0.2) is 50.8 Å². The lowest BCUT2D eigenvalue weighted by molar-refractivity contribution is 0.390. The van der Waals surface area contributed by atoms with Crippen LogP contribution in [0.25, 0.3) is 0 Å². The second kappa shape index (κ2) is 6.74. The molecule has 0 spiro atoms. The molecule has 0 amide bonds. The van der Waals surface area contributed by atoms with Gasteiger partial charge in [0.15, 0.2) is 0 Å². The summed E-state index contributed by atoms with van der Waals surface area (Å²) in [4.78, 5) is 0.276. The van der Waals surface area contributed by atoms with Crippen molar-refractivity contribution in [3.05, 3.63) is 29.3 Å². The first-order valence-corrected chi connectivity index (χ1v) is 11.5. The van der Waals surface area contributed by atoms with Crippen LogP contribution in [0.2, 0.25) is 0 Å². The number of nitrogens with zero attached hydrogens (tertiary/aromatic N) is 2. The molecule has 0 aromatic heterocycles. The molecule has 0 saturated carbocycles. The average Bonchev–Trinajstić information content (AvgIpc) is 3.09. The van der Waals surface area contributed by atoms with Crippen LogP contribution in [0.4, 0.5) is 0 Å². The van der Waals surface area contributed by atoms with Crippen LogP contribution in [-0.2, 0) is 33.0 Å². The van der Waals surface area contributed by atoms with Gasteiger partial charge >= 0.3 is 0 Å². The monoisotopic (exact) mass is 372 g/mol. The molecule has 8 heteroatoms. The summed E-state index contributed by atoms with van der Waals surface area (Å²) in [6, 6.07) is 5.15. The van der Waals surface area contributed by atoms with E-state index in [4.69, 9.17) is 0 Å². The topological polar surface area (TPSA) is 74.8 Å². The quantitative estimate of drug-likeness (QED) is 0.786. The third-order valence-corrected chi connectivity index (χ3v) is 8.63. The number of hydrogen-bond acceptors (Lipinski definition) is 4. The number of rotatable bonds is 5. The molecule has 0 radical (unpaired) electrons. The Balaban J connectivity index is 1.89. The van der Waals surface area contributed by atoms with Crippen LogP contribution in [0.1, 0.15) is 37.3 Å². The Kier molecular flexibility index (Phi) is 5.01. The minimum Gasteiger partial charge on any atom is -0.212 e. The Morgan fingerprint density at radius 2 is 1.67 bits per heavy atom. The fourth-order valence-electron chi connectivity index (χ4n) is 3.37. The van der Waals surface area contributed by atoms with E-state index in [9.17, 15) is 16.8 Å². The Morgan fingerprint density at radius 1 is 0.958 bits per heavy atom. The van der Waals surface area contributed by atoms with E-state index in [0.717, 1.165) is 24.0 Å². The van der Waals surface area contributed by atoms with Crippen molar-refractivity contribution >= 4 is 20.0 Å². The highest BCUT2D eigenvalue weighted by Crippen LogP contribution is 2.27. The number of sulfonamides is 2. The summed E-state index contributed by atoms with van der Waals surface area (Å²) < 4.78 is 53.0. The molecular weight excluding hydrogens is 348 g/mol. The summed E-state index contributed by atoms with van der Waals surface area (Å²) in [7, 11) is -6.74. The zero-order chi connectivity index (χ0) is 17.4. The van der Waals surface area contributed by atoms with Crippen molar-refractivity contribution in [1.82, 2.24) is 8.61 Å². The van der Waals surface area contributed by atoms with E-state index in [2.05, 4.69) is 0 Å². The molecule has 3 rings (SSSR count). The van der Waals surface area contributed by atoms with Gasteiger partial charge in [-0.1, -0.05) is 13.0 Å². The molecule has 0 unspecified atom stereocenters. The predicted octanol–water partition coefficient (Wildman–Crippen LogP) is 1.57. The lowest BCUT2D eigenvalue weighted by Crippen LogP contribution is -2.37. The molecule has 1 fully saturated rings. The molecule has 2 heterocycles. The van der Waals surface area contributed by atoms with Crippen molar-refractivity contribution in [2.75, 3.05) is 25.4 Å². The third-order valence-electron chi connectivity index (χ3n) is 4.71. The first-order chi connectivity index (χ1) is 11.3. The van der Waals surface area contributed by atoms with E-state index in [1.807, 2.05) is 13.0 Å². The van der Waals surface area contributed by atoms with Crippen molar-refractivity contribution in [1.29, 1.82) is 0 Å². The minimum atomic E-state index is -3.47. The van der Waals surface area contributed by atoms with Gasteiger partial charge in [0.2, 0.25) is 20.0 Å². The van der Waals surface area contributed by atoms with E-state index in [0.29, 0.717) is 32.5 Å². The highest BCUT2D eigenvalue weighted by atomic mass is 32.2. The van der Waals surface area contributed by atoms with E-state index >= 15 is 0 Å². The fourth-order valence-corrected chi connectivity index (χ4v) is 6.42. The summed E-state index contributed by atoms with van der Waals surface area (Å²) in [5.41, 5.74) is 1.85. The first-order valence-electron chi connectivity index (χ1n) is 8.44. The second-order valence-electron chi connectivity index (χ2n) is 6.44.